The number of fused-ring (bicyclic) bond motifs is 1. The molecule has 0 fully saturated rings. The summed E-state index contributed by atoms with van der Waals surface area (Å²) in [5.41, 5.74) is 5.20. The molecule has 2 N–H and O–H groups in total. The number of nitrogens with one attached hydrogen (secondary N) is 2. The lowest BCUT2D eigenvalue weighted by Gasteiger charge is -2.16. The minimum absolute atomic E-state index is 0.358. The van der Waals surface area contributed by atoms with E-state index in [2.05, 4.69) is 17.8 Å². The zero-order chi connectivity index (χ0) is 21.3. The van der Waals surface area contributed by atoms with Crippen molar-refractivity contribution in [1.29, 1.82) is 0 Å². The quantitative estimate of drug-likeness (QED) is 0.433. The van der Waals surface area contributed by atoms with Gasteiger partial charge in [-0.25, -0.2) is 0 Å². The monoisotopic (exact) mass is 406 g/mol. The van der Waals surface area contributed by atoms with Crippen molar-refractivity contribution in [3.63, 3.8) is 0 Å². The number of amides is 2. The van der Waals surface area contributed by atoms with Crippen molar-refractivity contribution in [2.24, 2.45) is 0 Å². The van der Waals surface area contributed by atoms with Gasteiger partial charge >= 0.3 is 0 Å². The first-order valence-corrected chi connectivity index (χ1v) is 10.1. The molecule has 0 aliphatic heterocycles. The number of ether oxygens (including phenoxy) is 2. The van der Waals surface area contributed by atoms with Gasteiger partial charge in [0.1, 0.15) is 11.5 Å². The molecule has 3 rings (SSSR count). The topological polar surface area (TPSA) is 76.7 Å². The van der Waals surface area contributed by atoms with Gasteiger partial charge < -0.3 is 9.47 Å². The average Bonchev–Trinajstić information content (AvgIpc) is 2.77. The number of hydrogen-bond acceptors (Lipinski definition) is 4. The van der Waals surface area contributed by atoms with Crippen LogP contribution in [0.4, 0.5) is 0 Å². The minimum atomic E-state index is -0.789. The fraction of sp³-hybridized carbons (Fsp3) is 0.250. The molecule has 1 atom stereocenters. The number of hydrogen-bond donors (Lipinski definition) is 2. The van der Waals surface area contributed by atoms with E-state index in [1.54, 1.807) is 31.2 Å². The van der Waals surface area contributed by atoms with Crippen LogP contribution >= 0.6 is 0 Å². The Morgan fingerprint density at radius 3 is 2.47 bits per heavy atom. The molecule has 0 heterocycles. The van der Waals surface area contributed by atoms with Gasteiger partial charge in [-0.05, 0) is 48.4 Å². The highest BCUT2D eigenvalue weighted by Gasteiger charge is 2.17. The van der Waals surface area contributed by atoms with Gasteiger partial charge in [0.25, 0.3) is 11.8 Å². The van der Waals surface area contributed by atoms with E-state index in [1.807, 2.05) is 42.5 Å². The van der Waals surface area contributed by atoms with Crippen molar-refractivity contribution < 1.29 is 19.1 Å². The molecule has 0 radical (unpaired) electrons. The Labute approximate surface area is 176 Å². The first-order valence-electron chi connectivity index (χ1n) is 10.1. The first-order chi connectivity index (χ1) is 14.6. The van der Waals surface area contributed by atoms with Gasteiger partial charge in [-0.15, -0.1) is 0 Å². The average molecular weight is 406 g/mol. The number of carbonyl (C=O) groups is 2. The molecule has 0 spiro atoms. The van der Waals surface area contributed by atoms with Crippen LogP contribution in [-0.2, 0) is 4.79 Å². The van der Waals surface area contributed by atoms with Crippen LogP contribution in [0.25, 0.3) is 10.8 Å². The summed E-state index contributed by atoms with van der Waals surface area (Å²) in [4.78, 5) is 24.8. The van der Waals surface area contributed by atoms with Crippen molar-refractivity contribution in [1.82, 2.24) is 10.9 Å². The lowest BCUT2D eigenvalue weighted by molar-refractivity contribution is -0.128. The van der Waals surface area contributed by atoms with Gasteiger partial charge in [0.05, 0.1) is 12.2 Å². The minimum Gasteiger partial charge on any atom is -0.493 e. The number of rotatable bonds is 8. The van der Waals surface area contributed by atoms with Crippen molar-refractivity contribution in [3.05, 3.63) is 72.3 Å². The molecule has 6 heteroatoms. The highest BCUT2D eigenvalue weighted by molar-refractivity contribution is 5.98. The molecule has 30 heavy (non-hydrogen) atoms. The Morgan fingerprint density at radius 1 is 0.933 bits per heavy atom. The summed E-state index contributed by atoms with van der Waals surface area (Å²) >= 11 is 0. The molecule has 156 valence electrons. The summed E-state index contributed by atoms with van der Waals surface area (Å²) in [6.07, 6.45) is 1.11. The molecule has 1 unspecified atom stereocenters. The van der Waals surface area contributed by atoms with E-state index >= 15 is 0 Å². The van der Waals surface area contributed by atoms with Crippen LogP contribution < -0.4 is 20.3 Å². The number of unbranched alkanes of at least 4 members (excludes halogenated alkanes) is 1. The van der Waals surface area contributed by atoms with E-state index in [1.165, 1.54) is 0 Å². The van der Waals surface area contributed by atoms with Gasteiger partial charge in [-0.1, -0.05) is 55.8 Å². The van der Waals surface area contributed by atoms with Crippen LogP contribution in [0, 0.1) is 0 Å². The molecule has 0 bridgehead atoms. The fourth-order valence-electron chi connectivity index (χ4n) is 2.89. The number of carbonyl (C=O) groups excluding carboxylic acids is 2. The number of benzene rings is 3. The van der Waals surface area contributed by atoms with E-state index in [0.29, 0.717) is 23.7 Å². The third-order valence-electron chi connectivity index (χ3n) is 4.59. The Kier molecular flexibility index (Phi) is 7.27. The van der Waals surface area contributed by atoms with E-state index in [-0.39, 0.29) is 0 Å². The molecule has 6 nitrogen and oxygen atoms in total. The summed E-state index contributed by atoms with van der Waals surface area (Å²) in [7, 11) is 0. The molecule has 3 aromatic carbocycles. The lowest BCUT2D eigenvalue weighted by Crippen LogP contribution is -2.47. The predicted molar refractivity (Wildman–Crippen MR) is 116 cm³/mol. The van der Waals surface area contributed by atoms with Crippen LogP contribution in [-0.4, -0.2) is 24.5 Å². The summed E-state index contributed by atoms with van der Waals surface area (Å²) in [6.45, 7) is 4.22. The molecule has 0 saturated carbocycles. The second-order valence-corrected chi connectivity index (χ2v) is 6.91. The van der Waals surface area contributed by atoms with Gasteiger partial charge in [0.2, 0.25) is 0 Å². The molecule has 0 aromatic heterocycles. The SMILES string of the molecule is CCCCOc1ccccc1C(=O)NNC(=O)C(C)Oc1ccc2ccccc2c1. The van der Waals surface area contributed by atoms with Gasteiger partial charge in [0, 0.05) is 0 Å². The Balaban J connectivity index is 1.56. The lowest BCUT2D eigenvalue weighted by atomic mass is 10.1. The third kappa shape index (κ3) is 5.50. The fourth-order valence-corrected chi connectivity index (χ4v) is 2.89. The van der Waals surface area contributed by atoms with Crippen LogP contribution in [0.2, 0.25) is 0 Å². The maximum absolute atomic E-state index is 12.5. The van der Waals surface area contributed by atoms with E-state index in [9.17, 15) is 9.59 Å². The van der Waals surface area contributed by atoms with Crippen LogP contribution in [0.3, 0.4) is 0 Å². The summed E-state index contributed by atoms with van der Waals surface area (Å²) < 4.78 is 11.4. The third-order valence-corrected chi connectivity index (χ3v) is 4.59. The standard InChI is InChI=1S/C24H26N2O4/c1-3-4-15-29-22-12-8-7-11-21(22)24(28)26-25-23(27)17(2)30-20-14-13-18-9-5-6-10-19(18)16-20/h5-14,16-17H,3-4,15H2,1-2H3,(H,25,27)(H,26,28). The zero-order valence-electron chi connectivity index (χ0n) is 17.2. The smallest absolute Gasteiger partial charge is 0.279 e. The van der Waals surface area contributed by atoms with E-state index in [0.717, 1.165) is 23.6 Å². The van der Waals surface area contributed by atoms with Crippen molar-refractivity contribution >= 4 is 22.6 Å². The Morgan fingerprint density at radius 2 is 1.67 bits per heavy atom. The Hall–Kier alpha value is -3.54. The van der Waals surface area contributed by atoms with Crippen molar-refractivity contribution in [2.75, 3.05) is 6.61 Å². The van der Waals surface area contributed by atoms with Crippen LogP contribution in [0.5, 0.6) is 11.5 Å². The number of para-hydroxylation sites is 1. The van der Waals surface area contributed by atoms with Crippen molar-refractivity contribution in [3.8, 4) is 11.5 Å². The van der Waals surface area contributed by atoms with Crippen molar-refractivity contribution in [2.45, 2.75) is 32.8 Å². The molecule has 0 aliphatic rings. The first kappa shape index (κ1) is 21.2. The van der Waals surface area contributed by atoms with Crippen LogP contribution in [0.15, 0.2) is 66.7 Å². The summed E-state index contributed by atoms with van der Waals surface area (Å²) in [6, 6.07) is 20.5. The maximum Gasteiger partial charge on any atom is 0.279 e. The molecule has 0 saturated heterocycles. The zero-order valence-corrected chi connectivity index (χ0v) is 17.2. The largest absolute Gasteiger partial charge is 0.493 e. The summed E-state index contributed by atoms with van der Waals surface area (Å²) in [5.74, 6) is 0.157. The molecular weight excluding hydrogens is 380 g/mol. The normalized spacial score (nSPS) is 11.5. The molecule has 3 aromatic rings. The summed E-state index contributed by atoms with van der Waals surface area (Å²) in [5, 5.41) is 2.12. The van der Waals surface area contributed by atoms with E-state index in [4.69, 9.17) is 9.47 Å². The van der Waals surface area contributed by atoms with Gasteiger partial charge in [-0.3, -0.25) is 20.4 Å². The number of hydrazine groups is 1. The second-order valence-electron chi connectivity index (χ2n) is 6.91. The molecular formula is C24H26N2O4. The van der Waals surface area contributed by atoms with Gasteiger partial charge in [0.15, 0.2) is 6.10 Å². The molecule has 0 aliphatic carbocycles. The highest BCUT2D eigenvalue weighted by atomic mass is 16.5. The highest BCUT2D eigenvalue weighted by Crippen LogP contribution is 2.21. The second kappa shape index (κ2) is 10.3. The Bertz CT molecular complexity index is 1020. The predicted octanol–water partition coefficient (Wildman–Crippen LogP) is 4.25. The van der Waals surface area contributed by atoms with Gasteiger partial charge in [-0.2, -0.15) is 0 Å². The maximum atomic E-state index is 12.5. The van der Waals surface area contributed by atoms with E-state index < -0.39 is 17.9 Å². The van der Waals surface area contributed by atoms with Crippen LogP contribution in [0.1, 0.15) is 37.0 Å². The molecule has 2 amide bonds.